The lowest BCUT2D eigenvalue weighted by molar-refractivity contribution is 0.146. The zero-order valence-corrected chi connectivity index (χ0v) is 13.7. The minimum Gasteiger partial charge on any atom is -0.505 e. The van der Waals surface area contributed by atoms with E-state index >= 15 is 0 Å². The third-order valence-corrected chi connectivity index (χ3v) is 4.09. The van der Waals surface area contributed by atoms with Gasteiger partial charge in [-0.05, 0) is 29.7 Å². The van der Waals surface area contributed by atoms with Crippen molar-refractivity contribution in [3.8, 4) is 0 Å². The summed E-state index contributed by atoms with van der Waals surface area (Å²) in [5.41, 5.74) is 3.05. The second kappa shape index (κ2) is 7.68. The molecule has 3 rings (SSSR count). The van der Waals surface area contributed by atoms with Crippen LogP contribution in [0.3, 0.4) is 0 Å². The molecule has 1 aliphatic heterocycles. The van der Waals surface area contributed by atoms with Gasteiger partial charge in [-0.25, -0.2) is 4.79 Å². The Balaban J connectivity index is 1.74. The van der Waals surface area contributed by atoms with Gasteiger partial charge in [0, 0.05) is 12.5 Å². The van der Waals surface area contributed by atoms with Crippen molar-refractivity contribution in [1.29, 1.82) is 0 Å². The summed E-state index contributed by atoms with van der Waals surface area (Å²) >= 11 is 0. The van der Waals surface area contributed by atoms with Gasteiger partial charge in [0.25, 0.3) is 0 Å². The molecule has 0 saturated carbocycles. The van der Waals surface area contributed by atoms with Gasteiger partial charge >= 0.3 is 6.09 Å². The average molecular weight is 323 g/mol. The molecule has 2 aromatic carbocycles. The first-order valence-corrected chi connectivity index (χ1v) is 8.03. The van der Waals surface area contributed by atoms with Crippen LogP contribution in [0.25, 0.3) is 0 Å². The summed E-state index contributed by atoms with van der Waals surface area (Å²) in [4.78, 5) is 14.3. The van der Waals surface area contributed by atoms with E-state index in [1.807, 2.05) is 54.6 Å². The molecule has 1 heterocycles. The molecule has 124 valence electrons. The van der Waals surface area contributed by atoms with Crippen LogP contribution in [0, 0.1) is 5.92 Å². The SMILES string of the molecule is COC=CC1Cc2ccccc2N(C(=O)OCc2ccccc2)C1. The molecule has 0 saturated heterocycles. The first-order valence-electron chi connectivity index (χ1n) is 8.03. The number of carbonyl (C=O) groups excluding carboxylic acids is 1. The summed E-state index contributed by atoms with van der Waals surface area (Å²) in [6, 6.07) is 17.7. The Kier molecular flexibility index (Phi) is 5.16. The van der Waals surface area contributed by atoms with Crippen LogP contribution in [0.15, 0.2) is 66.9 Å². The van der Waals surface area contributed by atoms with E-state index in [0.717, 1.165) is 23.2 Å². The highest BCUT2D eigenvalue weighted by Gasteiger charge is 2.28. The number of carbonyl (C=O) groups is 1. The lowest BCUT2D eigenvalue weighted by Crippen LogP contribution is -2.39. The minimum absolute atomic E-state index is 0.212. The number of para-hydroxylation sites is 1. The van der Waals surface area contributed by atoms with E-state index in [2.05, 4.69) is 6.07 Å². The largest absolute Gasteiger partial charge is 0.505 e. The fraction of sp³-hybridized carbons (Fsp3) is 0.250. The van der Waals surface area contributed by atoms with Crippen molar-refractivity contribution < 1.29 is 14.3 Å². The van der Waals surface area contributed by atoms with Gasteiger partial charge in [0.05, 0.1) is 19.1 Å². The van der Waals surface area contributed by atoms with Gasteiger partial charge in [-0.3, -0.25) is 4.90 Å². The monoisotopic (exact) mass is 323 g/mol. The first kappa shape index (κ1) is 16.1. The van der Waals surface area contributed by atoms with E-state index in [4.69, 9.17) is 9.47 Å². The molecule has 0 fully saturated rings. The second-order valence-electron chi connectivity index (χ2n) is 5.81. The molecule has 1 atom stereocenters. The predicted octanol–water partition coefficient (Wildman–Crippen LogP) is 4.16. The van der Waals surface area contributed by atoms with Gasteiger partial charge < -0.3 is 9.47 Å². The van der Waals surface area contributed by atoms with E-state index in [1.165, 1.54) is 0 Å². The molecule has 2 aromatic rings. The van der Waals surface area contributed by atoms with Crippen LogP contribution in [0.1, 0.15) is 11.1 Å². The summed E-state index contributed by atoms with van der Waals surface area (Å²) in [5.74, 6) is 0.212. The van der Waals surface area contributed by atoms with Crippen molar-refractivity contribution in [2.75, 3.05) is 18.6 Å². The van der Waals surface area contributed by atoms with E-state index in [0.29, 0.717) is 6.54 Å². The highest BCUT2D eigenvalue weighted by molar-refractivity contribution is 5.89. The van der Waals surface area contributed by atoms with Gasteiger partial charge in [-0.2, -0.15) is 0 Å². The summed E-state index contributed by atoms with van der Waals surface area (Å²) in [6.07, 6.45) is 4.24. The highest BCUT2D eigenvalue weighted by Crippen LogP contribution is 2.30. The summed E-state index contributed by atoms with van der Waals surface area (Å²) in [7, 11) is 1.62. The Morgan fingerprint density at radius 3 is 2.71 bits per heavy atom. The first-order chi connectivity index (χ1) is 11.8. The number of hydrogen-bond donors (Lipinski definition) is 0. The number of rotatable bonds is 4. The molecule has 0 radical (unpaired) electrons. The van der Waals surface area contributed by atoms with Gasteiger partial charge in [0.1, 0.15) is 6.61 Å². The van der Waals surface area contributed by atoms with Gasteiger partial charge in [0.2, 0.25) is 0 Å². The fourth-order valence-electron chi connectivity index (χ4n) is 2.92. The van der Waals surface area contributed by atoms with Crippen molar-refractivity contribution in [1.82, 2.24) is 0 Å². The molecular weight excluding hydrogens is 302 g/mol. The molecule has 4 heteroatoms. The topological polar surface area (TPSA) is 38.8 Å². The number of hydrogen-bond acceptors (Lipinski definition) is 3. The van der Waals surface area contributed by atoms with E-state index in [-0.39, 0.29) is 18.6 Å². The lowest BCUT2D eigenvalue weighted by Gasteiger charge is -2.32. The molecule has 1 unspecified atom stereocenters. The number of amides is 1. The summed E-state index contributed by atoms with van der Waals surface area (Å²) in [5, 5.41) is 0. The number of nitrogens with zero attached hydrogens (tertiary/aromatic N) is 1. The number of anilines is 1. The van der Waals surface area contributed by atoms with Crippen molar-refractivity contribution in [2.24, 2.45) is 5.92 Å². The molecule has 0 bridgehead atoms. The fourth-order valence-corrected chi connectivity index (χ4v) is 2.92. The van der Waals surface area contributed by atoms with Crippen LogP contribution in [0.2, 0.25) is 0 Å². The van der Waals surface area contributed by atoms with E-state index < -0.39 is 0 Å². The van der Waals surface area contributed by atoms with Crippen molar-refractivity contribution >= 4 is 11.8 Å². The smallest absolute Gasteiger partial charge is 0.414 e. The molecule has 0 aromatic heterocycles. The Hall–Kier alpha value is -2.75. The minimum atomic E-state index is -0.318. The van der Waals surface area contributed by atoms with Gasteiger partial charge in [-0.1, -0.05) is 48.5 Å². The Morgan fingerprint density at radius 2 is 1.92 bits per heavy atom. The number of benzene rings is 2. The maximum absolute atomic E-state index is 12.6. The standard InChI is InChI=1S/C20H21NO3/c1-23-12-11-17-13-18-9-5-6-10-19(18)21(14-17)20(22)24-15-16-7-3-2-4-8-16/h2-12,17H,13-15H2,1H3. The maximum Gasteiger partial charge on any atom is 0.414 e. The Labute approximate surface area is 142 Å². The van der Waals surface area contributed by atoms with Crippen molar-refractivity contribution in [3.63, 3.8) is 0 Å². The zero-order chi connectivity index (χ0) is 16.8. The van der Waals surface area contributed by atoms with E-state index in [1.54, 1.807) is 18.3 Å². The molecule has 1 aliphatic rings. The molecule has 4 nitrogen and oxygen atoms in total. The van der Waals surface area contributed by atoms with E-state index in [9.17, 15) is 4.79 Å². The third-order valence-electron chi connectivity index (χ3n) is 4.09. The lowest BCUT2D eigenvalue weighted by atomic mass is 9.93. The average Bonchev–Trinajstić information content (AvgIpc) is 2.64. The van der Waals surface area contributed by atoms with Crippen LogP contribution in [0.4, 0.5) is 10.5 Å². The van der Waals surface area contributed by atoms with Crippen LogP contribution in [-0.2, 0) is 22.5 Å². The molecule has 24 heavy (non-hydrogen) atoms. The highest BCUT2D eigenvalue weighted by atomic mass is 16.6. The third kappa shape index (κ3) is 3.77. The zero-order valence-electron chi connectivity index (χ0n) is 13.7. The Morgan fingerprint density at radius 1 is 1.17 bits per heavy atom. The van der Waals surface area contributed by atoms with Crippen molar-refractivity contribution in [3.05, 3.63) is 78.1 Å². The second-order valence-corrected chi connectivity index (χ2v) is 5.81. The number of ether oxygens (including phenoxy) is 2. The van der Waals surface area contributed by atoms with Crippen molar-refractivity contribution in [2.45, 2.75) is 13.0 Å². The molecule has 0 spiro atoms. The molecule has 0 N–H and O–H groups in total. The molecule has 0 aliphatic carbocycles. The summed E-state index contributed by atoms with van der Waals surface area (Å²) in [6.45, 7) is 0.863. The molecule has 1 amide bonds. The normalized spacial score (nSPS) is 16.7. The maximum atomic E-state index is 12.6. The predicted molar refractivity (Wildman–Crippen MR) is 93.8 cm³/mol. The quantitative estimate of drug-likeness (QED) is 0.793. The summed E-state index contributed by atoms with van der Waals surface area (Å²) < 4.78 is 10.5. The van der Waals surface area contributed by atoms with Crippen LogP contribution in [0.5, 0.6) is 0 Å². The van der Waals surface area contributed by atoms with Crippen LogP contribution < -0.4 is 4.90 Å². The Bertz CT molecular complexity index is 712. The van der Waals surface area contributed by atoms with Crippen LogP contribution >= 0.6 is 0 Å². The number of methoxy groups -OCH3 is 1. The molecular formula is C20H21NO3. The number of fused-ring (bicyclic) bond motifs is 1. The van der Waals surface area contributed by atoms with Gasteiger partial charge in [0.15, 0.2) is 0 Å². The van der Waals surface area contributed by atoms with Crippen LogP contribution in [-0.4, -0.2) is 19.7 Å². The van der Waals surface area contributed by atoms with Gasteiger partial charge in [-0.15, -0.1) is 0 Å².